The summed E-state index contributed by atoms with van der Waals surface area (Å²) < 4.78 is 0. The van der Waals surface area contributed by atoms with Gasteiger partial charge in [-0.2, -0.15) is 0 Å². The molecule has 1 spiro atoms. The molecule has 50 heavy (non-hydrogen) atoms. The first-order valence-electron chi connectivity index (χ1n) is 16.9. The summed E-state index contributed by atoms with van der Waals surface area (Å²) in [7, 11) is 0. The Balaban J connectivity index is 1.23. The average molecular weight is 656 g/mol. The molecule has 1 aromatic heterocycles. The number of hydrogen-bond donors (Lipinski definition) is 0. The largest absolute Gasteiger partial charge is 0.208 e. The van der Waals surface area contributed by atoms with Gasteiger partial charge in [-0.25, -0.2) is 15.0 Å². The number of fused-ring (bicyclic) bond motifs is 9. The third-order valence-corrected chi connectivity index (χ3v) is 11.3. The van der Waals surface area contributed by atoms with E-state index in [0.29, 0.717) is 17.5 Å². The van der Waals surface area contributed by atoms with Gasteiger partial charge in [0.05, 0.1) is 5.41 Å². The third kappa shape index (κ3) is 4.28. The monoisotopic (exact) mass is 655 g/mol. The van der Waals surface area contributed by atoms with Gasteiger partial charge in [0.15, 0.2) is 17.5 Å². The number of rotatable bonds is 4. The van der Waals surface area contributed by atoms with Crippen molar-refractivity contribution in [3.8, 4) is 56.4 Å². The van der Waals surface area contributed by atoms with Crippen molar-refractivity contribution in [3.05, 3.63) is 198 Å². The Labute approximate surface area is 295 Å². The second kappa shape index (κ2) is 11.5. The van der Waals surface area contributed by atoms with Crippen molar-refractivity contribution in [1.29, 1.82) is 0 Å². The van der Waals surface area contributed by atoms with Gasteiger partial charge in [-0.3, -0.25) is 0 Å². The van der Waals surface area contributed by atoms with Crippen molar-refractivity contribution in [3.63, 3.8) is 0 Å². The fraction of sp³-hybridized carbons (Fsp3) is 0.0217. The molecule has 2 aliphatic rings. The summed E-state index contributed by atoms with van der Waals surface area (Å²) in [5.74, 6) is 1.96. The lowest BCUT2D eigenvalue weighted by molar-refractivity contribution is 0.723. The molecule has 0 saturated carbocycles. The van der Waals surface area contributed by atoms with Crippen LogP contribution in [0.4, 0.5) is 0 Å². The summed E-state index contributed by atoms with van der Waals surface area (Å²) in [5.41, 5.74) is 12.6. The number of hydrogen-bond acceptors (Lipinski definition) is 4. The van der Waals surface area contributed by atoms with E-state index < -0.39 is 5.41 Å². The highest BCUT2D eigenvalue weighted by molar-refractivity contribution is 7.99. The van der Waals surface area contributed by atoms with Crippen LogP contribution in [0, 0.1) is 0 Å². The molecule has 4 heteroatoms. The van der Waals surface area contributed by atoms with Crippen LogP contribution in [0.15, 0.2) is 186 Å². The Morgan fingerprint density at radius 2 is 0.760 bits per heavy atom. The molecular weight excluding hydrogens is 627 g/mol. The van der Waals surface area contributed by atoms with Gasteiger partial charge in [-0.15, -0.1) is 0 Å². The van der Waals surface area contributed by atoms with Crippen molar-refractivity contribution in [2.24, 2.45) is 0 Å². The summed E-state index contributed by atoms with van der Waals surface area (Å²) in [6.07, 6.45) is 0. The molecule has 1 aliphatic heterocycles. The van der Waals surface area contributed by atoms with Crippen LogP contribution in [-0.2, 0) is 5.41 Å². The van der Waals surface area contributed by atoms with E-state index in [1.807, 2.05) is 48.2 Å². The quantitative estimate of drug-likeness (QED) is 0.189. The predicted molar refractivity (Wildman–Crippen MR) is 203 cm³/mol. The van der Waals surface area contributed by atoms with Crippen LogP contribution in [0.2, 0.25) is 0 Å². The fourth-order valence-electron chi connectivity index (χ4n) is 7.93. The molecule has 0 saturated heterocycles. The highest BCUT2D eigenvalue weighted by Gasteiger charge is 2.50. The topological polar surface area (TPSA) is 38.7 Å². The van der Waals surface area contributed by atoms with Gasteiger partial charge >= 0.3 is 0 Å². The minimum absolute atomic E-state index is 0.441. The van der Waals surface area contributed by atoms with Crippen molar-refractivity contribution in [2.45, 2.75) is 15.2 Å². The minimum atomic E-state index is -0.441. The van der Waals surface area contributed by atoms with Gasteiger partial charge in [0.25, 0.3) is 0 Å². The van der Waals surface area contributed by atoms with E-state index in [4.69, 9.17) is 15.0 Å². The summed E-state index contributed by atoms with van der Waals surface area (Å²) >= 11 is 1.86. The normalized spacial score (nSPS) is 13.3. The van der Waals surface area contributed by atoms with E-state index in [9.17, 15) is 0 Å². The molecule has 0 amide bonds. The maximum absolute atomic E-state index is 5.14. The van der Waals surface area contributed by atoms with Crippen LogP contribution in [-0.4, -0.2) is 15.0 Å². The molecule has 0 bridgehead atoms. The Bertz CT molecular complexity index is 2480. The highest BCUT2D eigenvalue weighted by Crippen LogP contribution is 2.63. The van der Waals surface area contributed by atoms with Crippen LogP contribution in [0.3, 0.4) is 0 Å². The lowest BCUT2D eigenvalue weighted by atomic mass is 9.67. The van der Waals surface area contributed by atoms with Gasteiger partial charge < -0.3 is 0 Å². The van der Waals surface area contributed by atoms with Crippen LogP contribution in [0.25, 0.3) is 56.4 Å². The van der Waals surface area contributed by atoms with Crippen LogP contribution in [0.1, 0.15) is 22.3 Å². The second-order valence-electron chi connectivity index (χ2n) is 12.7. The van der Waals surface area contributed by atoms with E-state index in [0.717, 1.165) is 22.3 Å². The van der Waals surface area contributed by atoms with Gasteiger partial charge in [0.2, 0.25) is 0 Å². The maximum atomic E-state index is 5.14. The molecule has 7 aromatic carbocycles. The predicted octanol–water partition coefficient (Wildman–Crippen LogP) is 11.4. The van der Waals surface area contributed by atoms with Crippen molar-refractivity contribution >= 4 is 11.8 Å². The molecule has 0 unspecified atom stereocenters. The molecule has 0 radical (unpaired) electrons. The lowest BCUT2D eigenvalue weighted by Gasteiger charge is -2.40. The van der Waals surface area contributed by atoms with Gasteiger partial charge in [-0.1, -0.05) is 182 Å². The SMILES string of the molecule is c1ccc(-c2nc(-c3ccccc3)nc(-c3ccccc3-c3cccc4c3Sc3ccccc3C43c4ccccc4-c4ccccc43)n2)cc1. The van der Waals surface area contributed by atoms with Crippen LogP contribution in [0.5, 0.6) is 0 Å². The van der Waals surface area contributed by atoms with Crippen molar-refractivity contribution in [1.82, 2.24) is 15.0 Å². The van der Waals surface area contributed by atoms with E-state index in [1.54, 1.807) is 0 Å². The Hall–Kier alpha value is -6.10. The molecule has 1 aliphatic carbocycles. The number of nitrogens with zero attached hydrogens (tertiary/aromatic N) is 3. The molecule has 3 nitrogen and oxygen atoms in total. The highest BCUT2D eigenvalue weighted by atomic mass is 32.2. The Morgan fingerprint density at radius 3 is 1.38 bits per heavy atom. The van der Waals surface area contributed by atoms with E-state index >= 15 is 0 Å². The van der Waals surface area contributed by atoms with Crippen LogP contribution < -0.4 is 0 Å². The fourth-order valence-corrected chi connectivity index (χ4v) is 9.25. The second-order valence-corrected chi connectivity index (χ2v) is 13.8. The first-order valence-corrected chi connectivity index (χ1v) is 17.7. The molecule has 0 N–H and O–H groups in total. The first kappa shape index (κ1) is 28.9. The molecule has 234 valence electrons. The maximum Gasteiger partial charge on any atom is 0.164 e. The van der Waals surface area contributed by atoms with Crippen molar-refractivity contribution < 1.29 is 0 Å². The van der Waals surface area contributed by atoms with Gasteiger partial charge in [-0.05, 0) is 50.6 Å². The van der Waals surface area contributed by atoms with Crippen molar-refractivity contribution in [2.75, 3.05) is 0 Å². The first-order chi connectivity index (χ1) is 24.8. The molecule has 0 atom stereocenters. The molecular formula is C46H29N3S. The van der Waals surface area contributed by atoms with E-state index in [2.05, 4.69) is 140 Å². The van der Waals surface area contributed by atoms with Gasteiger partial charge in [0.1, 0.15) is 0 Å². The number of benzene rings is 7. The molecule has 8 aromatic rings. The summed E-state index contributed by atoms with van der Waals surface area (Å²) in [4.78, 5) is 17.8. The zero-order chi connectivity index (χ0) is 33.1. The summed E-state index contributed by atoms with van der Waals surface area (Å²) in [6, 6.07) is 62.6. The number of aromatic nitrogens is 3. The zero-order valence-corrected chi connectivity index (χ0v) is 27.8. The Morgan fingerprint density at radius 1 is 0.320 bits per heavy atom. The smallest absolute Gasteiger partial charge is 0.164 e. The van der Waals surface area contributed by atoms with Gasteiger partial charge in [0, 0.05) is 26.5 Å². The van der Waals surface area contributed by atoms with E-state index in [-0.39, 0.29) is 0 Å². The molecule has 0 fully saturated rings. The van der Waals surface area contributed by atoms with Crippen LogP contribution >= 0.6 is 11.8 Å². The zero-order valence-electron chi connectivity index (χ0n) is 27.0. The summed E-state index contributed by atoms with van der Waals surface area (Å²) in [5, 5.41) is 0. The lowest BCUT2D eigenvalue weighted by Crippen LogP contribution is -2.32. The standard InChI is InChI=1S/C46H29N3S/c1-3-16-30(17-4-1)43-47-44(31-18-5-2-6-19-31)49-45(48-43)36-23-8-7-20-32(36)35-24-15-28-40-42(35)50-41-29-14-13-27-39(41)46(40)37-25-11-9-21-33(37)34-22-10-12-26-38(34)46/h1-29H. The average Bonchev–Trinajstić information content (AvgIpc) is 3.49. The minimum Gasteiger partial charge on any atom is -0.208 e. The molecule has 10 rings (SSSR count). The molecule has 2 heterocycles. The third-order valence-electron chi connectivity index (χ3n) is 10.0. The summed E-state index contributed by atoms with van der Waals surface area (Å²) in [6.45, 7) is 0. The Kier molecular flexibility index (Phi) is 6.64. The van der Waals surface area contributed by atoms with E-state index in [1.165, 1.54) is 48.7 Å².